The van der Waals surface area contributed by atoms with Gasteiger partial charge in [-0.2, -0.15) is 0 Å². The van der Waals surface area contributed by atoms with Crippen molar-refractivity contribution in [3.63, 3.8) is 0 Å². The zero-order valence-corrected chi connectivity index (χ0v) is 23.0. The van der Waals surface area contributed by atoms with Gasteiger partial charge in [0, 0.05) is 22.0 Å². The van der Waals surface area contributed by atoms with E-state index in [0.717, 1.165) is 18.7 Å². The number of carbonyl (C=O) groups is 1. The summed E-state index contributed by atoms with van der Waals surface area (Å²) in [5.74, 6) is 0.789. The highest BCUT2D eigenvalue weighted by molar-refractivity contribution is 7.99. The minimum atomic E-state index is -1.39. The second-order valence-corrected chi connectivity index (χ2v) is 11.4. The number of fused-ring (bicyclic) bond motifs is 1. The Balaban J connectivity index is 1.32. The summed E-state index contributed by atoms with van der Waals surface area (Å²) in [4.78, 5) is 20.2. The number of piperidine rings is 1. The van der Waals surface area contributed by atoms with Crippen molar-refractivity contribution < 1.29 is 19.0 Å². The third-order valence-electron chi connectivity index (χ3n) is 7.43. The molecule has 0 radical (unpaired) electrons. The lowest BCUT2D eigenvalue weighted by molar-refractivity contribution is -0.153. The van der Waals surface area contributed by atoms with Crippen molar-refractivity contribution in [1.82, 2.24) is 9.88 Å². The first-order valence-electron chi connectivity index (χ1n) is 12.7. The first-order chi connectivity index (χ1) is 17.8. The van der Waals surface area contributed by atoms with Crippen LogP contribution in [0.5, 0.6) is 5.75 Å². The molecule has 1 aromatic heterocycles. The van der Waals surface area contributed by atoms with Gasteiger partial charge in [-0.1, -0.05) is 29.3 Å². The normalized spacial score (nSPS) is 16.5. The van der Waals surface area contributed by atoms with Crippen LogP contribution in [0, 0.1) is 12.3 Å². The summed E-state index contributed by atoms with van der Waals surface area (Å²) >= 11 is 8.22. The molecule has 0 saturated carbocycles. The molecule has 1 saturated heterocycles. The van der Waals surface area contributed by atoms with E-state index in [0.29, 0.717) is 48.1 Å². The predicted octanol–water partition coefficient (Wildman–Crippen LogP) is 7.35. The number of pyridine rings is 1. The van der Waals surface area contributed by atoms with Gasteiger partial charge in [0.25, 0.3) is 0 Å². The van der Waals surface area contributed by atoms with E-state index >= 15 is 4.39 Å². The summed E-state index contributed by atoms with van der Waals surface area (Å²) in [5.41, 5.74) is 1.33. The summed E-state index contributed by atoms with van der Waals surface area (Å²) in [5, 5.41) is 11.0. The number of thioether (sulfide) groups is 1. The standard InChI is InChI=1S/C29H34ClFN2O3S/c1-20-4-7-22(8-5-20)37-17-3-14-33-15-12-29(13-16-33,28(34)35)11-10-25(31)27-23-18-21(36-2)6-9-26(23)32-19-24(27)30/h4-9,18-19,25H,3,10-17H2,1-2H3,(H,34,35)/t25-/m1/s1. The molecule has 1 fully saturated rings. The Morgan fingerprint density at radius 1 is 1.24 bits per heavy atom. The highest BCUT2D eigenvalue weighted by atomic mass is 35.5. The van der Waals surface area contributed by atoms with Crippen molar-refractivity contribution in [2.75, 3.05) is 32.5 Å². The van der Waals surface area contributed by atoms with Crippen LogP contribution in [-0.2, 0) is 4.79 Å². The monoisotopic (exact) mass is 544 g/mol. The number of benzene rings is 2. The Labute approximate surface area is 227 Å². The summed E-state index contributed by atoms with van der Waals surface area (Å²) in [6.07, 6.45) is 2.53. The number of carboxylic acids is 1. The van der Waals surface area contributed by atoms with Crippen LogP contribution < -0.4 is 4.74 Å². The van der Waals surface area contributed by atoms with Crippen LogP contribution in [0.3, 0.4) is 0 Å². The smallest absolute Gasteiger partial charge is 0.309 e. The van der Waals surface area contributed by atoms with Gasteiger partial charge >= 0.3 is 5.97 Å². The maximum atomic E-state index is 15.6. The number of ether oxygens (including phenoxy) is 1. The SMILES string of the molecule is COc1ccc2ncc(Cl)c([C@H](F)CCC3(C(=O)O)CCN(CCCSc4ccc(C)cc4)CC3)c2c1. The number of halogens is 2. The second kappa shape index (κ2) is 12.5. The summed E-state index contributed by atoms with van der Waals surface area (Å²) in [6, 6.07) is 13.8. The molecule has 0 bridgehead atoms. The van der Waals surface area contributed by atoms with E-state index in [-0.39, 0.29) is 17.9 Å². The number of hydrogen-bond acceptors (Lipinski definition) is 5. The highest BCUT2D eigenvalue weighted by Crippen LogP contribution is 2.42. The Bertz CT molecular complexity index is 1220. The molecule has 8 heteroatoms. The average molecular weight is 545 g/mol. The van der Waals surface area contributed by atoms with Crippen LogP contribution >= 0.6 is 23.4 Å². The highest BCUT2D eigenvalue weighted by Gasteiger charge is 2.41. The first-order valence-corrected chi connectivity index (χ1v) is 14.1. The number of hydrogen-bond donors (Lipinski definition) is 1. The fourth-order valence-electron chi connectivity index (χ4n) is 5.05. The van der Waals surface area contributed by atoms with Crippen molar-refractivity contribution in [3.05, 3.63) is 64.8 Å². The van der Waals surface area contributed by atoms with Gasteiger partial charge in [0.15, 0.2) is 0 Å². The molecule has 0 spiro atoms. The number of aliphatic carboxylic acids is 1. The lowest BCUT2D eigenvalue weighted by Gasteiger charge is -2.39. The predicted molar refractivity (Wildman–Crippen MR) is 149 cm³/mol. The molecule has 0 amide bonds. The minimum absolute atomic E-state index is 0.0928. The van der Waals surface area contributed by atoms with Gasteiger partial charge in [0.1, 0.15) is 11.9 Å². The third kappa shape index (κ3) is 6.75. The van der Waals surface area contributed by atoms with Gasteiger partial charge in [0.05, 0.1) is 23.1 Å². The Morgan fingerprint density at radius 3 is 2.65 bits per heavy atom. The molecule has 0 aliphatic carbocycles. The van der Waals surface area contributed by atoms with Crippen molar-refractivity contribution in [2.45, 2.75) is 50.1 Å². The molecule has 4 rings (SSSR count). The number of aromatic nitrogens is 1. The number of methoxy groups -OCH3 is 1. The third-order valence-corrected chi connectivity index (χ3v) is 8.83. The average Bonchev–Trinajstić information content (AvgIpc) is 2.91. The molecule has 1 aliphatic heterocycles. The van der Waals surface area contributed by atoms with E-state index in [1.807, 2.05) is 11.8 Å². The lowest BCUT2D eigenvalue weighted by Crippen LogP contribution is -2.44. The molecule has 1 N–H and O–H groups in total. The molecule has 1 atom stereocenters. The minimum Gasteiger partial charge on any atom is -0.497 e. The molecular weight excluding hydrogens is 511 g/mol. The maximum Gasteiger partial charge on any atom is 0.309 e. The number of alkyl halides is 1. The van der Waals surface area contributed by atoms with E-state index in [1.54, 1.807) is 25.3 Å². The van der Waals surface area contributed by atoms with Crippen LogP contribution in [0.15, 0.2) is 53.6 Å². The summed E-state index contributed by atoms with van der Waals surface area (Å²) < 4.78 is 20.9. The molecule has 1 aliphatic rings. The first kappa shape index (κ1) is 27.7. The number of aryl methyl sites for hydroxylation is 1. The Hall–Kier alpha value is -2.35. The molecule has 0 unspecified atom stereocenters. The van der Waals surface area contributed by atoms with Gasteiger partial charge in [-0.3, -0.25) is 9.78 Å². The van der Waals surface area contributed by atoms with E-state index in [2.05, 4.69) is 41.1 Å². The zero-order valence-electron chi connectivity index (χ0n) is 21.4. The molecule has 3 aromatic rings. The van der Waals surface area contributed by atoms with Crippen LogP contribution in [-0.4, -0.2) is 53.5 Å². The van der Waals surface area contributed by atoms with E-state index in [4.69, 9.17) is 16.3 Å². The molecule has 198 valence electrons. The number of rotatable bonds is 11. The lowest BCUT2D eigenvalue weighted by atomic mass is 9.74. The van der Waals surface area contributed by atoms with Crippen molar-refractivity contribution in [2.24, 2.45) is 5.41 Å². The van der Waals surface area contributed by atoms with Gasteiger partial charge in [-0.15, -0.1) is 11.8 Å². The van der Waals surface area contributed by atoms with Gasteiger partial charge in [-0.25, -0.2) is 4.39 Å². The Morgan fingerprint density at radius 2 is 1.97 bits per heavy atom. The van der Waals surface area contributed by atoms with Crippen LogP contribution in [0.4, 0.5) is 4.39 Å². The number of nitrogens with zero attached hydrogens (tertiary/aromatic N) is 2. The zero-order chi connectivity index (χ0) is 26.4. The van der Waals surface area contributed by atoms with Crippen molar-refractivity contribution in [1.29, 1.82) is 0 Å². The number of carboxylic acid groups (broad SMARTS) is 1. The second-order valence-electron chi connectivity index (χ2n) is 9.85. The van der Waals surface area contributed by atoms with Crippen LogP contribution in [0.1, 0.15) is 49.4 Å². The quantitative estimate of drug-likeness (QED) is 0.201. The fourth-order valence-corrected chi connectivity index (χ4v) is 6.16. The maximum absolute atomic E-state index is 15.6. The summed E-state index contributed by atoms with van der Waals surface area (Å²) in [6.45, 7) is 4.47. The van der Waals surface area contributed by atoms with Crippen LogP contribution in [0.25, 0.3) is 10.9 Å². The molecule has 2 aromatic carbocycles. The van der Waals surface area contributed by atoms with E-state index in [1.165, 1.54) is 16.7 Å². The largest absolute Gasteiger partial charge is 0.497 e. The fraction of sp³-hybridized carbons (Fsp3) is 0.448. The van der Waals surface area contributed by atoms with Gasteiger partial charge < -0.3 is 14.7 Å². The van der Waals surface area contributed by atoms with E-state index < -0.39 is 17.6 Å². The molecular formula is C29H34ClFN2O3S. The van der Waals surface area contributed by atoms with Crippen molar-refractivity contribution in [3.8, 4) is 5.75 Å². The van der Waals surface area contributed by atoms with Crippen molar-refractivity contribution >= 4 is 40.2 Å². The number of likely N-dealkylation sites (tertiary alicyclic amines) is 1. The topological polar surface area (TPSA) is 62.7 Å². The molecule has 37 heavy (non-hydrogen) atoms. The molecule has 5 nitrogen and oxygen atoms in total. The van der Waals surface area contributed by atoms with Crippen LogP contribution in [0.2, 0.25) is 5.02 Å². The van der Waals surface area contributed by atoms with Gasteiger partial charge in [0.2, 0.25) is 0 Å². The van der Waals surface area contributed by atoms with E-state index in [9.17, 15) is 9.90 Å². The molecule has 2 heterocycles. The Kier molecular flexibility index (Phi) is 9.32. The summed E-state index contributed by atoms with van der Waals surface area (Å²) in [7, 11) is 1.55. The van der Waals surface area contributed by atoms with Gasteiger partial charge in [-0.05, 0) is 94.7 Å².